The third-order valence-corrected chi connectivity index (χ3v) is 7.81. The van der Waals surface area contributed by atoms with Crippen LogP contribution in [0.25, 0.3) is 10.8 Å². The molecule has 2 fully saturated rings. The topological polar surface area (TPSA) is 71.3 Å². The number of aryl methyl sites for hydroxylation is 1. The lowest BCUT2D eigenvalue weighted by Crippen LogP contribution is -2.49. The van der Waals surface area contributed by atoms with Gasteiger partial charge in [-0.1, -0.05) is 36.4 Å². The van der Waals surface area contributed by atoms with E-state index in [9.17, 15) is 9.59 Å². The molecule has 0 spiro atoms. The normalized spacial score (nSPS) is 22.7. The Bertz CT molecular complexity index is 1230. The minimum Gasteiger partial charge on any atom is -0.342 e. The van der Waals surface area contributed by atoms with E-state index in [1.165, 1.54) is 0 Å². The third kappa shape index (κ3) is 3.77. The molecule has 7 heteroatoms. The van der Waals surface area contributed by atoms with E-state index in [1.54, 1.807) is 0 Å². The van der Waals surface area contributed by atoms with E-state index >= 15 is 0 Å². The van der Waals surface area contributed by atoms with Gasteiger partial charge in [0.15, 0.2) is 0 Å². The summed E-state index contributed by atoms with van der Waals surface area (Å²) in [6.45, 7) is 3.72. The Balaban J connectivity index is 1.16. The summed E-state index contributed by atoms with van der Waals surface area (Å²) in [6, 6.07) is 13.9. The summed E-state index contributed by atoms with van der Waals surface area (Å²) in [5.74, 6) is 2.51. The Labute approximate surface area is 199 Å². The number of piperidine rings is 2. The molecule has 2 aromatic carbocycles. The maximum Gasteiger partial charge on any atom is 0.254 e. The second-order valence-corrected chi connectivity index (χ2v) is 9.97. The zero-order valence-electron chi connectivity index (χ0n) is 19.5. The Morgan fingerprint density at radius 1 is 0.824 bits per heavy atom. The number of carbonyl (C=O) groups excluding carboxylic acids is 2. The van der Waals surface area contributed by atoms with Crippen molar-refractivity contribution in [2.75, 3.05) is 26.2 Å². The summed E-state index contributed by atoms with van der Waals surface area (Å²) in [5, 5.41) is 10.9. The van der Waals surface area contributed by atoms with Crippen molar-refractivity contribution in [2.45, 2.75) is 51.0 Å². The fourth-order valence-corrected chi connectivity index (χ4v) is 6.07. The molecule has 176 valence electrons. The van der Waals surface area contributed by atoms with Gasteiger partial charge in [-0.25, -0.2) is 0 Å². The molecule has 4 heterocycles. The second kappa shape index (κ2) is 8.85. The van der Waals surface area contributed by atoms with Crippen LogP contribution in [0.1, 0.15) is 60.0 Å². The number of fused-ring (bicyclic) bond motifs is 2. The highest BCUT2D eigenvalue weighted by Crippen LogP contribution is 2.31. The highest BCUT2D eigenvalue weighted by molar-refractivity contribution is 6.07. The molecule has 2 unspecified atom stereocenters. The van der Waals surface area contributed by atoms with E-state index in [4.69, 9.17) is 0 Å². The fraction of sp³-hybridized carbons (Fsp3) is 0.481. The summed E-state index contributed by atoms with van der Waals surface area (Å²) in [6.07, 6.45) is 5.89. The van der Waals surface area contributed by atoms with Crippen molar-refractivity contribution < 1.29 is 9.59 Å². The van der Waals surface area contributed by atoms with Gasteiger partial charge in [0.05, 0.1) is 5.92 Å². The van der Waals surface area contributed by atoms with Crippen LogP contribution in [-0.2, 0) is 17.8 Å². The average Bonchev–Trinajstić information content (AvgIpc) is 3.52. The SMILES string of the molecule is O=C(c1cccc2ccccc12)N1CCCC(C(=O)N2CCCC(c3nnc4n3CCC4)C2)C1. The molecule has 3 aliphatic rings. The first-order chi connectivity index (χ1) is 16.7. The predicted molar refractivity (Wildman–Crippen MR) is 129 cm³/mol. The van der Waals surface area contributed by atoms with E-state index in [1.807, 2.05) is 52.3 Å². The van der Waals surface area contributed by atoms with Gasteiger partial charge in [0.1, 0.15) is 11.6 Å². The van der Waals surface area contributed by atoms with Gasteiger partial charge in [-0.15, -0.1) is 10.2 Å². The summed E-state index contributed by atoms with van der Waals surface area (Å²) in [5.41, 5.74) is 0.727. The fourth-order valence-electron chi connectivity index (χ4n) is 6.07. The third-order valence-electron chi connectivity index (χ3n) is 7.81. The van der Waals surface area contributed by atoms with Crippen molar-refractivity contribution in [1.82, 2.24) is 24.6 Å². The maximum atomic E-state index is 13.6. The van der Waals surface area contributed by atoms with Crippen LogP contribution in [0.15, 0.2) is 42.5 Å². The van der Waals surface area contributed by atoms with Crippen LogP contribution in [0.4, 0.5) is 0 Å². The Kier molecular flexibility index (Phi) is 5.55. The van der Waals surface area contributed by atoms with Crippen molar-refractivity contribution in [2.24, 2.45) is 5.92 Å². The lowest BCUT2D eigenvalue weighted by atomic mass is 9.92. The number of hydrogen-bond acceptors (Lipinski definition) is 4. The summed E-state index contributed by atoms with van der Waals surface area (Å²) in [7, 11) is 0. The smallest absolute Gasteiger partial charge is 0.254 e. The number of hydrogen-bond donors (Lipinski definition) is 0. The van der Waals surface area contributed by atoms with E-state index in [2.05, 4.69) is 14.8 Å². The van der Waals surface area contributed by atoms with Crippen molar-refractivity contribution in [3.63, 3.8) is 0 Å². The van der Waals surface area contributed by atoms with Crippen molar-refractivity contribution in [3.8, 4) is 0 Å². The average molecular weight is 458 g/mol. The Morgan fingerprint density at radius 3 is 2.59 bits per heavy atom. The molecule has 2 atom stereocenters. The van der Waals surface area contributed by atoms with Crippen molar-refractivity contribution in [1.29, 1.82) is 0 Å². The second-order valence-electron chi connectivity index (χ2n) is 9.97. The summed E-state index contributed by atoms with van der Waals surface area (Å²) in [4.78, 5) is 30.9. The molecule has 34 heavy (non-hydrogen) atoms. The molecule has 3 aliphatic heterocycles. The number of likely N-dealkylation sites (tertiary alicyclic amines) is 2. The lowest BCUT2D eigenvalue weighted by molar-refractivity contribution is -0.138. The highest BCUT2D eigenvalue weighted by atomic mass is 16.2. The zero-order valence-corrected chi connectivity index (χ0v) is 19.5. The van der Waals surface area contributed by atoms with E-state index in [0.717, 1.165) is 79.6 Å². The van der Waals surface area contributed by atoms with Gasteiger partial charge in [0.25, 0.3) is 5.91 Å². The molecule has 0 radical (unpaired) electrons. The first-order valence-corrected chi connectivity index (χ1v) is 12.7. The number of nitrogens with zero attached hydrogens (tertiary/aromatic N) is 5. The first-order valence-electron chi connectivity index (χ1n) is 12.7. The number of amides is 2. The number of benzene rings is 2. The van der Waals surface area contributed by atoms with Crippen LogP contribution in [0.2, 0.25) is 0 Å². The number of aromatic nitrogens is 3. The van der Waals surface area contributed by atoms with Crippen LogP contribution in [0.3, 0.4) is 0 Å². The van der Waals surface area contributed by atoms with Gasteiger partial charge in [-0.05, 0) is 48.9 Å². The Morgan fingerprint density at radius 2 is 1.65 bits per heavy atom. The van der Waals surface area contributed by atoms with Crippen molar-refractivity contribution in [3.05, 3.63) is 59.7 Å². The molecule has 3 aromatic rings. The standard InChI is InChI=1S/C27H31N5O2/c33-26(30-14-4-9-20(17-30)25-29-28-24-13-6-16-32(24)25)21-10-5-15-31(18-21)27(34)23-12-3-8-19-7-1-2-11-22(19)23/h1-3,7-8,11-12,20-21H,4-6,9-10,13-18H2. The molecule has 0 N–H and O–H groups in total. The summed E-state index contributed by atoms with van der Waals surface area (Å²) < 4.78 is 2.27. The predicted octanol–water partition coefficient (Wildman–Crippen LogP) is 3.64. The molecule has 1 aromatic heterocycles. The largest absolute Gasteiger partial charge is 0.342 e. The minimum atomic E-state index is -0.129. The monoisotopic (exact) mass is 457 g/mol. The molecule has 0 bridgehead atoms. The molecule has 0 aliphatic carbocycles. The maximum absolute atomic E-state index is 13.6. The van der Waals surface area contributed by atoms with Crippen LogP contribution in [-0.4, -0.2) is 62.6 Å². The number of carbonyl (C=O) groups is 2. The number of rotatable bonds is 3. The quantitative estimate of drug-likeness (QED) is 0.602. The molecule has 0 saturated carbocycles. The van der Waals surface area contributed by atoms with Crippen molar-refractivity contribution >= 4 is 22.6 Å². The van der Waals surface area contributed by atoms with Crippen LogP contribution in [0, 0.1) is 5.92 Å². The van der Waals surface area contributed by atoms with Gasteiger partial charge in [-0.2, -0.15) is 0 Å². The molecular weight excluding hydrogens is 426 g/mol. The molecule has 2 amide bonds. The highest BCUT2D eigenvalue weighted by Gasteiger charge is 2.35. The van der Waals surface area contributed by atoms with Gasteiger partial charge >= 0.3 is 0 Å². The van der Waals surface area contributed by atoms with Gasteiger partial charge in [0, 0.05) is 50.6 Å². The van der Waals surface area contributed by atoms with E-state index in [-0.39, 0.29) is 23.7 Å². The Hall–Kier alpha value is -3.22. The zero-order chi connectivity index (χ0) is 23.1. The molecular formula is C27H31N5O2. The van der Waals surface area contributed by atoms with E-state index < -0.39 is 0 Å². The van der Waals surface area contributed by atoms with Gasteiger partial charge < -0.3 is 14.4 Å². The minimum absolute atomic E-state index is 0.0323. The molecule has 2 saturated heterocycles. The van der Waals surface area contributed by atoms with Gasteiger partial charge in [0.2, 0.25) is 5.91 Å². The van der Waals surface area contributed by atoms with Gasteiger partial charge in [-0.3, -0.25) is 9.59 Å². The van der Waals surface area contributed by atoms with Crippen LogP contribution >= 0.6 is 0 Å². The first kappa shape index (κ1) is 21.3. The summed E-state index contributed by atoms with van der Waals surface area (Å²) >= 11 is 0. The van der Waals surface area contributed by atoms with Crippen LogP contribution in [0.5, 0.6) is 0 Å². The molecule has 6 rings (SSSR count). The lowest BCUT2D eigenvalue weighted by Gasteiger charge is -2.38. The molecule has 7 nitrogen and oxygen atoms in total. The van der Waals surface area contributed by atoms with Crippen LogP contribution < -0.4 is 0 Å². The van der Waals surface area contributed by atoms with E-state index in [0.29, 0.717) is 19.6 Å².